The average Bonchev–Trinajstić information content (AvgIpc) is 2.87. The molecule has 1 aromatic carbocycles. The maximum atomic E-state index is 13.1. The minimum absolute atomic E-state index is 0.00183. The van der Waals surface area contributed by atoms with E-state index in [0.29, 0.717) is 12.3 Å². The number of ether oxygens (including phenoxy) is 1. The van der Waals surface area contributed by atoms with Crippen LogP contribution >= 0.6 is 0 Å². The zero-order valence-electron chi connectivity index (χ0n) is 24.5. The fraction of sp³-hybridized carbons (Fsp3) is 0.733. The minimum Gasteiger partial charge on any atom is -0.444 e. The summed E-state index contributed by atoms with van der Waals surface area (Å²) in [5.74, 6) is 0.203. The molecule has 39 heavy (non-hydrogen) atoms. The van der Waals surface area contributed by atoms with Crippen molar-refractivity contribution in [3.8, 4) is 0 Å². The van der Waals surface area contributed by atoms with Crippen molar-refractivity contribution in [3.05, 3.63) is 29.8 Å². The molecule has 1 aliphatic heterocycles. The highest BCUT2D eigenvalue weighted by Gasteiger charge is 2.29. The molecule has 2 N–H and O–H groups in total. The lowest BCUT2D eigenvalue weighted by Gasteiger charge is -2.36. The molecule has 220 valence electrons. The Morgan fingerprint density at radius 3 is 2.18 bits per heavy atom. The monoisotopic (exact) mass is 563 g/mol. The Hall–Kier alpha value is -2.13. The van der Waals surface area contributed by atoms with Crippen LogP contribution in [0.15, 0.2) is 29.2 Å². The Bertz CT molecular complexity index is 1040. The molecule has 2 atom stereocenters. The highest BCUT2D eigenvalue weighted by molar-refractivity contribution is 7.90. The van der Waals surface area contributed by atoms with Crippen LogP contribution < -0.4 is 10.6 Å². The van der Waals surface area contributed by atoms with Crippen molar-refractivity contribution in [1.82, 2.24) is 15.5 Å². The van der Waals surface area contributed by atoms with E-state index < -0.39 is 15.4 Å². The molecule has 0 bridgehead atoms. The maximum absolute atomic E-state index is 13.1. The Morgan fingerprint density at radius 1 is 1.03 bits per heavy atom. The third-order valence-electron chi connectivity index (χ3n) is 8.05. The van der Waals surface area contributed by atoms with Gasteiger partial charge in [0.15, 0.2) is 9.84 Å². The summed E-state index contributed by atoms with van der Waals surface area (Å²) in [7, 11) is -3.26. The predicted octanol–water partition coefficient (Wildman–Crippen LogP) is 5.03. The van der Waals surface area contributed by atoms with Gasteiger partial charge >= 0.3 is 6.09 Å². The van der Waals surface area contributed by atoms with E-state index in [9.17, 15) is 18.0 Å². The van der Waals surface area contributed by atoms with Gasteiger partial charge in [0.25, 0.3) is 0 Å². The first-order valence-electron chi connectivity index (χ1n) is 14.7. The molecule has 1 saturated carbocycles. The predicted molar refractivity (Wildman–Crippen MR) is 155 cm³/mol. The molecule has 8 nitrogen and oxygen atoms in total. The molecule has 2 fully saturated rings. The third-order valence-corrected chi connectivity index (χ3v) is 9.18. The number of alkyl carbamates (subject to hydrolysis) is 1. The molecule has 2 amide bonds. The first-order chi connectivity index (χ1) is 18.4. The largest absolute Gasteiger partial charge is 0.444 e. The van der Waals surface area contributed by atoms with Crippen molar-refractivity contribution in [2.45, 2.75) is 114 Å². The minimum atomic E-state index is -3.26. The van der Waals surface area contributed by atoms with Crippen LogP contribution in [0.25, 0.3) is 0 Å². The highest BCUT2D eigenvalue weighted by Crippen LogP contribution is 2.29. The summed E-state index contributed by atoms with van der Waals surface area (Å²) in [6.07, 6.45) is 10.2. The second-order valence-corrected chi connectivity index (χ2v) is 14.4. The summed E-state index contributed by atoms with van der Waals surface area (Å²) in [6, 6.07) is 6.92. The number of amides is 2. The number of carbonyl (C=O) groups excluding carboxylic acids is 2. The number of hydrogen-bond donors (Lipinski definition) is 2. The Balaban J connectivity index is 1.49. The molecule has 1 aliphatic carbocycles. The normalized spacial score (nSPS) is 19.7. The topological polar surface area (TPSA) is 105 Å². The van der Waals surface area contributed by atoms with Gasteiger partial charge < -0.3 is 20.3 Å². The van der Waals surface area contributed by atoms with Gasteiger partial charge in [0.1, 0.15) is 5.60 Å². The van der Waals surface area contributed by atoms with E-state index in [1.54, 1.807) is 24.3 Å². The van der Waals surface area contributed by atoms with Crippen LogP contribution in [-0.2, 0) is 19.4 Å². The number of sulfone groups is 1. The molecule has 3 rings (SSSR count). The lowest BCUT2D eigenvalue weighted by Crippen LogP contribution is -2.48. The fourth-order valence-electron chi connectivity index (χ4n) is 5.87. The Labute approximate surface area is 235 Å². The lowest BCUT2D eigenvalue weighted by molar-refractivity contribution is -0.123. The number of nitrogens with zero attached hydrogens (tertiary/aromatic N) is 1. The van der Waals surface area contributed by atoms with Crippen molar-refractivity contribution < 1.29 is 22.7 Å². The quantitative estimate of drug-likeness (QED) is 0.414. The SMILES string of the molecule is CCC(C(=O)NC1CCN(CCC(NC(=O)OC(C)(C)C)C2CCCCC2)CC1)c1ccc(S(C)(=O)=O)cc1. The number of likely N-dealkylation sites (tertiary alicyclic amines) is 1. The van der Waals surface area contributed by atoms with E-state index in [0.717, 1.165) is 57.3 Å². The fourth-order valence-corrected chi connectivity index (χ4v) is 6.50. The van der Waals surface area contributed by atoms with Crippen LogP contribution in [0.1, 0.15) is 97.0 Å². The standard InChI is InChI=1S/C30H49N3O5S/c1-6-26(22-12-14-25(15-13-22)39(5,36)37)28(34)31-24-16-19-33(20-17-24)21-18-27(23-10-8-7-9-11-23)32-29(35)38-30(2,3)4/h12-15,23-24,26-27H,6-11,16-21H2,1-5H3,(H,31,34)(H,32,35). The molecule has 0 aromatic heterocycles. The molecule has 0 spiro atoms. The van der Waals surface area contributed by atoms with Crippen LogP contribution in [0.3, 0.4) is 0 Å². The summed E-state index contributed by atoms with van der Waals surface area (Å²) in [6.45, 7) is 10.4. The van der Waals surface area contributed by atoms with Gasteiger partial charge in [0.05, 0.1) is 10.8 Å². The summed E-state index contributed by atoms with van der Waals surface area (Å²) < 4.78 is 29.1. The Kier molecular flexibility index (Phi) is 11.2. The van der Waals surface area contributed by atoms with Gasteiger partial charge in [-0.1, -0.05) is 38.3 Å². The van der Waals surface area contributed by atoms with Crippen LogP contribution in [0.4, 0.5) is 4.79 Å². The molecule has 2 unspecified atom stereocenters. The Morgan fingerprint density at radius 2 is 1.64 bits per heavy atom. The number of carbonyl (C=O) groups is 2. The van der Waals surface area contributed by atoms with E-state index in [1.807, 2.05) is 27.7 Å². The molecular weight excluding hydrogens is 514 g/mol. The summed E-state index contributed by atoms with van der Waals surface area (Å²) in [4.78, 5) is 28.3. The molecule has 2 aliphatic rings. The smallest absolute Gasteiger partial charge is 0.407 e. The number of benzene rings is 1. The van der Waals surface area contributed by atoms with E-state index in [-0.39, 0.29) is 34.9 Å². The zero-order valence-corrected chi connectivity index (χ0v) is 25.3. The van der Waals surface area contributed by atoms with Crippen molar-refractivity contribution >= 4 is 21.8 Å². The van der Waals surface area contributed by atoms with Gasteiger partial charge in [-0.15, -0.1) is 0 Å². The highest BCUT2D eigenvalue weighted by atomic mass is 32.2. The van der Waals surface area contributed by atoms with Crippen LogP contribution in [0.5, 0.6) is 0 Å². The van der Waals surface area contributed by atoms with Crippen LogP contribution in [0.2, 0.25) is 0 Å². The first kappa shape index (κ1) is 31.4. The van der Waals surface area contributed by atoms with Gasteiger partial charge in [-0.2, -0.15) is 0 Å². The van der Waals surface area contributed by atoms with Gasteiger partial charge in [0, 0.05) is 38.0 Å². The molecule has 0 radical (unpaired) electrons. The van der Waals surface area contributed by atoms with Gasteiger partial charge in [-0.3, -0.25) is 4.79 Å². The number of piperidine rings is 1. The van der Waals surface area contributed by atoms with Crippen molar-refractivity contribution in [2.75, 3.05) is 25.9 Å². The molecule has 1 saturated heterocycles. The van der Waals surface area contributed by atoms with E-state index in [1.165, 1.54) is 25.5 Å². The number of nitrogens with one attached hydrogen (secondary N) is 2. The molecule has 1 aromatic rings. The third kappa shape index (κ3) is 10.1. The first-order valence-corrected chi connectivity index (χ1v) is 16.6. The van der Waals surface area contributed by atoms with Gasteiger partial charge in [0.2, 0.25) is 5.91 Å². The van der Waals surface area contributed by atoms with Crippen LogP contribution in [-0.4, -0.2) is 68.9 Å². The van der Waals surface area contributed by atoms with Gasteiger partial charge in [-0.05, 0) is 82.9 Å². The van der Waals surface area contributed by atoms with Crippen LogP contribution in [0, 0.1) is 5.92 Å². The van der Waals surface area contributed by atoms with E-state index in [2.05, 4.69) is 15.5 Å². The molecule has 9 heteroatoms. The van der Waals surface area contributed by atoms with Crippen molar-refractivity contribution in [1.29, 1.82) is 0 Å². The van der Waals surface area contributed by atoms with Gasteiger partial charge in [-0.25, -0.2) is 13.2 Å². The van der Waals surface area contributed by atoms with Crippen molar-refractivity contribution in [3.63, 3.8) is 0 Å². The summed E-state index contributed by atoms with van der Waals surface area (Å²) in [5, 5.41) is 6.43. The summed E-state index contributed by atoms with van der Waals surface area (Å²) >= 11 is 0. The second kappa shape index (κ2) is 14.0. The maximum Gasteiger partial charge on any atom is 0.407 e. The van der Waals surface area contributed by atoms with Crippen molar-refractivity contribution in [2.24, 2.45) is 5.92 Å². The number of hydrogen-bond acceptors (Lipinski definition) is 6. The van der Waals surface area contributed by atoms with E-state index >= 15 is 0 Å². The zero-order chi connectivity index (χ0) is 28.6. The lowest BCUT2D eigenvalue weighted by atomic mass is 9.82. The molecule has 1 heterocycles. The number of rotatable bonds is 10. The average molecular weight is 564 g/mol. The second-order valence-electron chi connectivity index (χ2n) is 12.4. The summed E-state index contributed by atoms with van der Waals surface area (Å²) in [5.41, 5.74) is 0.329. The molecular formula is C30H49N3O5S. The van der Waals surface area contributed by atoms with E-state index in [4.69, 9.17) is 4.74 Å².